The third-order valence-corrected chi connectivity index (χ3v) is 6.11. The van der Waals surface area contributed by atoms with E-state index in [-0.39, 0.29) is 11.8 Å². The third kappa shape index (κ3) is 5.90. The lowest BCUT2D eigenvalue weighted by atomic mass is 10.0. The van der Waals surface area contributed by atoms with E-state index in [2.05, 4.69) is 37.4 Å². The minimum Gasteiger partial charge on any atom is -0.361 e. The van der Waals surface area contributed by atoms with Crippen molar-refractivity contribution in [2.24, 2.45) is 0 Å². The number of carbonyl (C=O) groups is 2. The van der Waals surface area contributed by atoms with Crippen LogP contribution in [0, 0.1) is 0 Å². The number of aromatic amines is 1. The molecular weight excluding hydrogens is 416 g/mol. The van der Waals surface area contributed by atoms with E-state index < -0.39 is 6.04 Å². The smallest absolute Gasteiger partial charge is 0.243 e. The highest BCUT2D eigenvalue weighted by atomic mass is 16.2. The van der Waals surface area contributed by atoms with Crippen LogP contribution in [0.25, 0.3) is 10.9 Å². The Bertz CT molecular complexity index is 1090. The largest absolute Gasteiger partial charge is 0.361 e. The number of carbonyl (C=O) groups excluding carboxylic acids is 2. The highest BCUT2D eigenvalue weighted by Gasteiger charge is 2.21. The number of H-pyrrole nitrogens is 1. The molecule has 0 bridgehead atoms. The summed E-state index contributed by atoms with van der Waals surface area (Å²) in [4.78, 5) is 37.2. The summed E-state index contributed by atoms with van der Waals surface area (Å²) in [5.41, 5.74) is 2.93. The first-order chi connectivity index (χ1) is 16.0. The van der Waals surface area contributed by atoms with Crippen molar-refractivity contribution in [3.8, 4) is 0 Å². The molecule has 0 radical (unpaired) electrons. The van der Waals surface area contributed by atoms with Crippen LogP contribution in [0.5, 0.6) is 0 Å². The van der Waals surface area contributed by atoms with Gasteiger partial charge in [0, 0.05) is 62.8 Å². The summed E-state index contributed by atoms with van der Waals surface area (Å²) in [7, 11) is 2.15. The molecule has 33 heavy (non-hydrogen) atoms. The molecule has 1 saturated heterocycles. The molecule has 1 fully saturated rings. The Kier molecular flexibility index (Phi) is 7.24. The molecule has 0 spiro atoms. The Hall–Kier alpha value is -3.39. The molecule has 1 aliphatic rings. The second-order valence-corrected chi connectivity index (χ2v) is 8.70. The summed E-state index contributed by atoms with van der Waals surface area (Å²) in [6.07, 6.45) is 5.25. The molecule has 3 heterocycles. The highest BCUT2D eigenvalue weighted by molar-refractivity contribution is 5.89. The zero-order valence-electron chi connectivity index (χ0n) is 19.3. The van der Waals surface area contributed by atoms with Gasteiger partial charge in [-0.15, -0.1) is 0 Å². The minimum absolute atomic E-state index is 0.213. The molecule has 1 aliphatic heterocycles. The van der Waals surface area contributed by atoms with Gasteiger partial charge >= 0.3 is 0 Å². The van der Waals surface area contributed by atoms with Gasteiger partial charge in [0.15, 0.2) is 0 Å². The van der Waals surface area contributed by atoms with Crippen molar-refractivity contribution in [3.05, 3.63) is 59.9 Å². The Morgan fingerprint density at radius 2 is 1.97 bits per heavy atom. The maximum atomic E-state index is 12.9. The maximum Gasteiger partial charge on any atom is 0.243 e. The van der Waals surface area contributed by atoms with Crippen LogP contribution in [-0.2, 0) is 22.6 Å². The standard InChI is InChI=1S/C25H32N6O2/c1-18(32)29-23(14-20-17-26-22-7-4-3-6-21(20)22)25(33)28-16-19-8-9-24(27-15-19)31-11-5-10-30(2)12-13-31/h3-4,6-9,15,17,23,26H,5,10-14,16H2,1-2H3,(H,28,33)(H,29,32). The first-order valence-electron chi connectivity index (χ1n) is 11.5. The number of hydrogen-bond donors (Lipinski definition) is 3. The number of pyridine rings is 1. The average Bonchev–Trinajstić information content (AvgIpc) is 3.09. The van der Waals surface area contributed by atoms with Crippen LogP contribution in [-0.4, -0.2) is 66.0 Å². The lowest BCUT2D eigenvalue weighted by molar-refractivity contribution is -0.128. The molecule has 2 aromatic heterocycles. The monoisotopic (exact) mass is 448 g/mol. The summed E-state index contributed by atoms with van der Waals surface area (Å²) < 4.78 is 0. The van der Waals surface area contributed by atoms with E-state index >= 15 is 0 Å². The molecule has 1 unspecified atom stereocenters. The van der Waals surface area contributed by atoms with Gasteiger partial charge in [-0.2, -0.15) is 0 Å². The number of benzene rings is 1. The Balaban J connectivity index is 1.37. The van der Waals surface area contributed by atoms with Crippen LogP contribution in [0.15, 0.2) is 48.8 Å². The van der Waals surface area contributed by atoms with Gasteiger partial charge in [0.2, 0.25) is 11.8 Å². The van der Waals surface area contributed by atoms with Gasteiger partial charge in [0.25, 0.3) is 0 Å². The van der Waals surface area contributed by atoms with Crippen molar-refractivity contribution in [2.45, 2.75) is 32.4 Å². The molecule has 3 N–H and O–H groups in total. The summed E-state index contributed by atoms with van der Waals surface area (Å²) in [5.74, 6) is 0.523. The van der Waals surface area contributed by atoms with Crippen molar-refractivity contribution >= 4 is 28.5 Å². The van der Waals surface area contributed by atoms with Crippen molar-refractivity contribution in [3.63, 3.8) is 0 Å². The number of anilines is 1. The second kappa shape index (κ2) is 10.5. The number of nitrogens with zero attached hydrogens (tertiary/aromatic N) is 3. The van der Waals surface area contributed by atoms with Crippen LogP contribution in [0.3, 0.4) is 0 Å². The number of nitrogens with one attached hydrogen (secondary N) is 3. The first-order valence-corrected chi connectivity index (χ1v) is 11.5. The summed E-state index contributed by atoms with van der Waals surface area (Å²) in [6.45, 7) is 5.89. The van der Waals surface area contributed by atoms with Crippen molar-refractivity contribution in [2.75, 3.05) is 38.1 Å². The number of rotatable bonds is 7. The zero-order valence-corrected chi connectivity index (χ0v) is 19.3. The molecule has 4 rings (SSSR count). The Labute approximate surface area is 194 Å². The van der Waals surface area contributed by atoms with Gasteiger partial charge < -0.3 is 25.4 Å². The van der Waals surface area contributed by atoms with Crippen LogP contribution >= 0.6 is 0 Å². The van der Waals surface area contributed by atoms with E-state index in [4.69, 9.17) is 0 Å². The van der Waals surface area contributed by atoms with E-state index in [1.165, 1.54) is 6.92 Å². The van der Waals surface area contributed by atoms with E-state index in [0.29, 0.717) is 13.0 Å². The number of para-hydroxylation sites is 1. The lowest BCUT2D eigenvalue weighted by Crippen LogP contribution is -2.47. The topological polar surface area (TPSA) is 93.4 Å². The van der Waals surface area contributed by atoms with Crippen LogP contribution in [0.2, 0.25) is 0 Å². The molecule has 1 atom stereocenters. The number of fused-ring (bicyclic) bond motifs is 1. The molecule has 174 valence electrons. The number of hydrogen-bond acceptors (Lipinski definition) is 5. The molecule has 3 aromatic rings. The van der Waals surface area contributed by atoms with Crippen LogP contribution in [0.1, 0.15) is 24.5 Å². The second-order valence-electron chi connectivity index (χ2n) is 8.70. The predicted octanol–water partition coefficient (Wildman–Crippen LogP) is 2.07. The fraction of sp³-hybridized carbons (Fsp3) is 0.400. The third-order valence-electron chi connectivity index (χ3n) is 6.11. The zero-order chi connectivity index (χ0) is 23.2. The van der Waals surface area contributed by atoms with Crippen LogP contribution < -0.4 is 15.5 Å². The fourth-order valence-corrected chi connectivity index (χ4v) is 4.27. The average molecular weight is 449 g/mol. The van der Waals surface area contributed by atoms with E-state index in [1.54, 1.807) is 0 Å². The maximum absolute atomic E-state index is 12.9. The highest BCUT2D eigenvalue weighted by Crippen LogP contribution is 2.19. The molecule has 0 saturated carbocycles. The summed E-state index contributed by atoms with van der Waals surface area (Å²) in [5, 5.41) is 6.80. The Morgan fingerprint density at radius 1 is 1.12 bits per heavy atom. The van der Waals surface area contributed by atoms with Crippen molar-refractivity contribution in [1.82, 2.24) is 25.5 Å². The van der Waals surface area contributed by atoms with Gasteiger partial charge in [-0.1, -0.05) is 24.3 Å². The molecule has 2 amide bonds. The number of amides is 2. The molecule has 1 aromatic carbocycles. The van der Waals surface area contributed by atoms with Gasteiger partial charge in [0.05, 0.1) is 0 Å². The number of aromatic nitrogens is 2. The van der Waals surface area contributed by atoms with E-state index in [1.807, 2.05) is 48.8 Å². The minimum atomic E-state index is -0.650. The first kappa shape index (κ1) is 22.8. The van der Waals surface area contributed by atoms with Crippen molar-refractivity contribution < 1.29 is 9.59 Å². The quantitative estimate of drug-likeness (QED) is 0.515. The number of likely N-dealkylation sites (N-methyl/N-ethyl adjacent to an activating group) is 1. The molecule has 8 heteroatoms. The van der Waals surface area contributed by atoms with Gasteiger partial charge in [0.1, 0.15) is 11.9 Å². The Morgan fingerprint density at radius 3 is 2.76 bits per heavy atom. The molecular formula is C25H32N6O2. The molecule has 8 nitrogen and oxygen atoms in total. The lowest BCUT2D eigenvalue weighted by Gasteiger charge is -2.22. The van der Waals surface area contributed by atoms with Crippen molar-refractivity contribution in [1.29, 1.82) is 0 Å². The van der Waals surface area contributed by atoms with E-state index in [9.17, 15) is 9.59 Å². The normalized spacial score (nSPS) is 15.8. The molecule has 0 aliphatic carbocycles. The van der Waals surface area contributed by atoms with E-state index in [0.717, 1.165) is 60.4 Å². The fourth-order valence-electron chi connectivity index (χ4n) is 4.27. The van der Waals surface area contributed by atoms with Gasteiger partial charge in [-0.3, -0.25) is 9.59 Å². The predicted molar refractivity (Wildman–Crippen MR) is 130 cm³/mol. The summed E-state index contributed by atoms with van der Waals surface area (Å²) in [6, 6.07) is 11.3. The SMILES string of the molecule is CC(=O)NC(Cc1c[nH]c2ccccc12)C(=O)NCc1ccc(N2CCCN(C)CC2)nc1. The van der Waals surface area contributed by atoms with Gasteiger partial charge in [-0.25, -0.2) is 4.98 Å². The van der Waals surface area contributed by atoms with Gasteiger partial charge in [-0.05, 0) is 43.3 Å². The summed E-state index contributed by atoms with van der Waals surface area (Å²) >= 11 is 0. The van der Waals surface area contributed by atoms with Crippen LogP contribution in [0.4, 0.5) is 5.82 Å².